The summed E-state index contributed by atoms with van der Waals surface area (Å²) in [6, 6.07) is 6.20. The standard InChI is InChI=1S/C12H18BrNO3S/c1-9(2)12(7-8-15)14-18(16,17)11-5-3-10(13)4-6-11/h3-6,9,12,14-15H,7-8H2,1-2H3. The van der Waals surface area contributed by atoms with Crippen molar-refractivity contribution in [1.29, 1.82) is 0 Å². The number of nitrogens with one attached hydrogen (secondary N) is 1. The predicted octanol–water partition coefficient (Wildman–Crippen LogP) is 2.13. The van der Waals surface area contributed by atoms with Gasteiger partial charge in [0.2, 0.25) is 10.0 Å². The Hall–Kier alpha value is -0.430. The van der Waals surface area contributed by atoms with Crippen LogP contribution in [0.4, 0.5) is 0 Å². The Morgan fingerprint density at radius 2 is 1.83 bits per heavy atom. The molecule has 0 radical (unpaired) electrons. The Labute approximate surface area is 117 Å². The fraction of sp³-hybridized carbons (Fsp3) is 0.500. The van der Waals surface area contributed by atoms with Gasteiger partial charge in [-0.25, -0.2) is 13.1 Å². The van der Waals surface area contributed by atoms with E-state index in [9.17, 15) is 8.42 Å². The highest BCUT2D eigenvalue weighted by Gasteiger charge is 2.21. The van der Waals surface area contributed by atoms with E-state index in [4.69, 9.17) is 5.11 Å². The Morgan fingerprint density at radius 3 is 2.28 bits per heavy atom. The molecule has 102 valence electrons. The molecule has 4 nitrogen and oxygen atoms in total. The summed E-state index contributed by atoms with van der Waals surface area (Å²) >= 11 is 3.26. The van der Waals surface area contributed by atoms with Crippen molar-refractivity contribution in [2.45, 2.75) is 31.2 Å². The first kappa shape index (κ1) is 15.6. The van der Waals surface area contributed by atoms with Gasteiger partial charge in [-0.1, -0.05) is 29.8 Å². The van der Waals surface area contributed by atoms with Crippen molar-refractivity contribution in [3.8, 4) is 0 Å². The first-order chi connectivity index (χ1) is 8.36. The van der Waals surface area contributed by atoms with Crippen LogP contribution in [0.5, 0.6) is 0 Å². The summed E-state index contributed by atoms with van der Waals surface area (Å²) in [5, 5.41) is 8.95. The van der Waals surface area contributed by atoms with Gasteiger partial charge in [-0.2, -0.15) is 0 Å². The molecule has 0 saturated heterocycles. The molecular weight excluding hydrogens is 318 g/mol. The molecule has 0 saturated carbocycles. The highest BCUT2D eigenvalue weighted by Crippen LogP contribution is 2.16. The summed E-state index contributed by atoms with van der Waals surface area (Å²) in [5.74, 6) is 0.127. The zero-order valence-corrected chi connectivity index (χ0v) is 12.8. The van der Waals surface area contributed by atoms with Gasteiger partial charge in [0.1, 0.15) is 0 Å². The van der Waals surface area contributed by atoms with Gasteiger partial charge >= 0.3 is 0 Å². The Morgan fingerprint density at radius 1 is 1.28 bits per heavy atom. The van der Waals surface area contributed by atoms with Gasteiger partial charge in [0.25, 0.3) is 0 Å². The van der Waals surface area contributed by atoms with E-state index in [1.54, 1.807) is 24.3 Å². The van der Waals surface area contributed by atoms with E-state index in [0.29, 0.717) is 6.42 Å². The number of benzene rings is 1. The van der Waals surface area contributed by atoms with E-state index in [1.807, 2.05) is 13.8 Å². The minimum Gasteiger partial charge on any atom is -0.396 e. The van der Waals surface area contributed by atoms with Gasteiger partial charge in [-0.3, -0.25) is 0 Å². The van der Waals surface area contributed by atoms with Crippen LogP contribution in [0.15, 0.2) is 33.6 Å². The minimum absolute atomic E-state index is 0.0360. The highest BCUT2D eigenvalue weighted by molar-refractivity contribution is 9.10. The van der Waals surface area contributed by atoms with Crippen LogP contribution >= 0.6 is 15.9 Å². The molecule has 0 aromatic heterocycles. The molecule has 1 aromatic carbocycles. The van der Waals surface area contributed by atoms with Crippen molar-refractivity contribution < 1.29 is 13.5 Å². The van der Waals surface area contributed by atoms with E-state index in [0.717, 1.165) is 4.47 Å². The van der Waals surface area contributed by atoms with Gasteiger partial charge in [0.05, 0.1) is 4.90 Å². The highest BCUT2D eigenvalue weighted by atomic mass is 79.9. The van der Waals surface area contributed by atoms with Crippen molar-refractivity contribution in [3.63, 3.8) is 0 Å². The van der Waals surface area contributed by atoms with Gasteiger partial charge in [0, 0.05) is 17.1 Å². The fourth-order valence-electron chi connectivity index (χ4n) is 1.55. The number of hydrogen-bond donors (Lipinski definition) is 2. The summed E-state index contributed by atoms with van der Waals surface area (Å²) in [6.07, 6.45) is 0.410. The van der Waals surface area contributed by atoms with Gasteiger partial charge in [0.15, 0.2) is 0 Å². The number of hydrogen-bond acceptors (Lipinski definition) is 3. The van der Waals surface area contributed by atoms with Crippen molar-refractivity contribution in [2.75, 3.05) is 6.61 Å². The molecule has 0 aliphatic carbocycles. The third kappa shape index (κ3) is 4.35. The Kier molecular flexibility index (Phi) is 5.78. The zero-order valence-electron chi connectivity index (χ0n) is 10.4. The van der Waals surface area contributed by atoms with Crippen LogP contribution in [-0.4, -0.2) is 26.2 Å². The second-order valence-corrected chi connectivity index (χ2v) is 7.07. The normalized spacial score (nSPS) is 13.8. The van der Waals surface area contributed by atoms with E-state index >= 15 is 0 Å². The largest absolute Gasteiger partial charge is 0.396 e. The number of sulfonamides is 1. The SMILES string of the molecule is CC(C)C(CCO)NS(=O)(=O)c1ccc(Br)cc1. The maximum atomic E-state index is 12.1. The van der Waals surface area contributed by atoms with E-state index in [1.165, 1.54) is 0 Å². The maximum Gasteiger partial charge on any atom is 0.240 e. The number of aliphatic hydroxyl groups is 1. The first-order valence-corrected chi connectivity index (χ1v) is 8.03. The Bertz CT molecular complexity index is 471. The third-order valence-electron chi connectivity index (χ3n) is 2.68. The molecule has 0 heterocycles. The molecule has 1 aromatic rings. The zero-order chi connectivity index (χ0) is 13.8. The Balaban J connectivity index is 2.89. The van der Waals surface area contributed by atoms with E-state index < -0.39 is 10.0 Å². The summed E-state index contributed by atoms with van der Waals surface area (Å²) in [5.41, 5.74) is 0. The lowest BCUT2D eigenvalue weighted by atomic mass is 10.0. The molecule has 1 atom stereocenters. The van der Waals surface area contributed by atoms with Crippen molar-refractivity contribution in [1.82, 2.24) is 4.72 Å². The maximum absolute atomic E-state index is 12.1. The molecule has 1 rings (SSSR count). The summed E-state index contributed by atoms with van der Waals surface area (Å²) in [7, 11) is -3.53. The molecule has 0 aliphatic heterocycles. The van der Waals surface area contributed by atoms with E-state index in [-0.39, 0.29) is 23.5 Å². The second kappa shape index (κ2) is 6.65. The van der Waals surface area contributed by atoms with Crippen LogP contribution < -0.4 is 4.72 Å². The molecule has 0 spiro atoms. The summed E-state index contributed by atoms with van der Waals surface area (Å²) in [6.45, 7) is 3.81. The van der Waals surface area contributed by atoms with Crippen LogP contribution in [0, 0.1) is 5.92 Å². The van der Waals surface area contributed by atoms with Crippen LogP contribution in [-0.2, 0) is 10.0 Å². The van der Waals surface area contributed by atoms with Crippen LogP contribution in [0.25, 0.3) is 0 Å². The average molecular weight is 336 g/mol. The molecule has 0 amide bonds. The van der Waals surface area contributed by atoms with Crippen LogP contribution in [0.1, 0.15) is 20.3 Å². The fourth-order valence-corrected chi connectivity index (χ4v) is 3.23. The summed E-state index contributed by atoms with van der Waals surface area (Å²) in [4.78, 5) is 0.231. The first-order valence-electron chi connectivity index (χ1n) is 5.75. The van der Waals surface area contributed by atoms with Gasteiger partial charge in [-0.15, -0.1) is 0 Å². The molecule has 18 heavy (non-hydrogen) atoms. The quantitative estimate of drug-likeness (QED) is 0.836. The average Bonchev–Trinajstić information content (AvgIpc) is 2.28. The van der Waals surface area contributed by atoms with Crippen molar-refractivity contribution in [2.24, 2.45) is 5.92 Å². The lowest BCUT2D eigenvalue weighted by Crippen LogP contribution is -2.39. The number of halogens is 1. The topological polar surface area (TPSA) is 66.4 Å². The van der Waals surface area contributed by atoms with Crippen LogP contribution in [0.3, 0.4) is 0 Å². The lowest BCUT2D eigenvalue weighted by Gasteiger charge is -2.21. The molecule has 1 unspecified atom stereocenters. The number of aliphatic hydroxyl groups excluding tert-OH is 1. The second-order valence-electron chi connectivity index (χ2n) is 4.44. The van der Waals surface area contributed by atoms with Crippen molar-refractivity contribution >= 4 is 26.0 Å². The minimum atomic E-state index is -3.53. The molecule has 0 aliphatic rings. The molecule has 0 bridgehead atoms. The van der Waals surface area contributed by atoms with Gasteiger partial charge in [-0.05, 0) is 36.6 Å². The smallest absolute Gasteiger partial charge is 0.240 e. The predicted molar refractivity (Wildman–Crippen MR) is 74.8 cm³/mol. The number of rotatable bonds is 6. The monoisotopic (exact) mass is 335 g/mol. The molecule has 2 N–H and O–H groups in total. The lowest BCUT2D eigenvalue weighted by molar-refractivity contribution is 0.256. The molecule has 0 fully saturated rings. The third-order valence-corrected chi connectivity index (χ3v) is 4.71. The summed E-state index contributed by atoms with van der Waals surface area (Å²) < 4.78 is 27.7. The van der Waals surface area contributed by atoms with Crippen LogP contribution in [0.2, 0.25) is 0 Å². The molecule has 6 heteroatoms. The van der Waals surface area contributed by atoms with E-state index in [2.05, 4.69) is 20.7 Å². The van der Waals surface area contributed by atoms with Gasteiger partial charge < -0.3 is 5.11 Å². The molecular formula is C12H18BrNO3S. The van der Waals surface area contributed by atoms with Crippen molar-refractivity contribution in [3.05, 3.63) is 28.7 Å².